The van der Waals surface area contributed by atoms with Crippen molar-refractivity contribution in [2.45, 2.75) is 39.7 Å². The van der Waals surface area contributed by atoms with Crippen molar-refractivity contribution in [2.75, 3.05) is 13.6 Å². The van der Waals surface area contributed by atoms with E-state index in [-0.39, 0.29) is 11.3 Å². The summed E-state index contributed by atoms with van der Waals surface area (Å²) in [5, 5.41) is 6.50. The maximum atomic E-state index is 12.0. The van der Waals surface area contributed by atoms with E-state index in [1.54, 1.807) is 11.9 Å². The molecule has 1 rings (SSSR count). The van der Waals surface area contributed by atoms with E-state index in [1.807, 2.05) is 0 Å². The van der Waals surface area contributed by atoms with Crippen molar-refractivity contribution < 1.29 is 4.79 Å². The number of nitrogens with two attached hydrogens (primary N) is 1. The lowest BCUT2D eigenvalue weighted by Gasteiger charge is -2.24. The molecule has 1 amide bonds. The molecule has 0 aliphatic carbocycles. The van der Waals surface area contributed by atoms with Gasteiger partial charge in [-0.1, -0.05) is 13.8 Å². The minimum Gasteiger partial charge on any atom is -0.338 e. The highest BCUT2D eigenvalue weighted by Crippen LogP contribution is 2.26. The molecule has 0 bridgehead atoms. The van der Waals surface area contributed by atoms with Crippen molar-refractivity contribution in [1.82, 2.24) is 20.1 Å². The van der Waals surface area contributed by atoms with Crippen LogP contribution in [0.2, 0.25) is 0 Å². The second-order valence-corrected chi connectivity index (χ2v) is 5.38. The molecule has 0 saturated carbocycles. The Balaban J connectivity index is 2.36. The van der Waals surface area contributed by atoms with Gasteiger partial charge in [0.15, 0.2) is 0 Å². The van der Waals surface area contributed by atoms with Gasteiger partial charge in [-0.05, 0) is 24.8 Å². The normalized spacial score (nSPS) is 11.6. The van der Waals surface area contributed by atoms with E-state index < -0.39 is 0 Å². The van der Waals surface area contributed by atoms with Gasteiger partial charge >= 0.3 is 0 Å². The van der Waals surface area contributed by atoms with Gasteiger partial charge < -0.3 is 10.6 Å². The molecule has 0 spiro atoms. The fraction of sp³-hybridized carbons (Fsp3) is 0.750. The first-order valence-electron chi connectivity index (χ1n) is 6.23. The lowest BCUT2D eigenvalue weighted by Crippen LogP contribution is -2.28. The molecule has 1 aromatic heterocycles. The second-order valence-electron chi connectivity index (χ2n) is 5.38. The summed E-state index contributed by atoms with van der Waals surface area (Å²) in [7, 11) is 1.78. The average molecular weight is 253 g/mol. The van der Waals surface area contributed by atoms with Crippen molar-refractivity contribution in [1.29, 1.82) is 0 Å². The molecular weight excluding hydrogens is 230 g/mol. The molecule has 0 aliphatic rings. The van der Waals surface area contributed by atoms with Gasteiger partial charge in [-0.2, -0.15) is 5.10 Å². The summed E-state index contributed by atoms with van der Waals surface area (Å²) in [6.45, 7) is 5.42. The number of rotatable bonds is 7. The first-order valence-corrected chi connectivity index (χ1v) is 6.23. The molecule has 0 atom stereocenters. The minimum atomic E-state index is 0.122. The first-order chi connectivity index (χ1) is 8.44. The molecule has 0 aliphatic heterocycles. The monoisotopic (exact) mass is 253 g/mol. The number of nitrogens with zero attached hydrogens (tertiary/aromatic N) is 3. The number of aromatic nitrogens is 3. The molecule has 0 aromatic carbocycles. The SMILES string of the molecule is CN(Cc1ncn[nH]1)C(=O)CCC(C)(C)CCN. The molecule has 6 nitrogen and oxygen atoms in total. The fourth-order valence-corrected chi connectivity index (χ4v) is 1.77. The third kappa shape index (κ3) is 4.83. The third-order valence-corrected chi connectivity index (χ3v) is 3.11. The molecule has 102 valence electrons. The third-order valence-electron chi connectivity index (χ3n) is 3.11. The fourth-order valence-electron chi connectivity index (χ4n) is 1.77. The Morgan fingerprint density at radius 3 is 2.78 bits per heavy atom. The van der Waals surface area contributed by atoms with Gasteiger partial charge in [-0.25, -0.2) is 4.98 Å². The number of nitrogens with one attached hydrogen (secondary N) is 1. The van der Waals surface area contributed by atoms with E-state index in [2.05, 4.69) is 29.0 Å². The zero-order valence-electron chi connectivity index (χ0n) is 11.4. The van der Waals surface area contributed by atoms with Crippen LogP contribution < -0.4 is 5.73 Å². The van der Waals surface area contributed by atoms with Crippen LogP contribution in [0.5, 0.6) is 0 Å². The van der Waals surface area contributed by atoms with Crippen molar-refractivity contribution >= 4 is 5.91 Å². The largest absolute Gasteiger partial charge is 0.338 e. The summed E-state index contributed by atoms with van der Waals surface area (Å²) in [5.74, 6) is 0.823. The van der Waals surface area contributed by atoms with Crippen LogP contribution in [0.3, 0.4) is 0 Å². The van der Waals surface area contributed by atoms with Gasteiger partial charge in [0, 0.05) is 13.5 Å². The molecule has 1 heterocycles. The second kappa shape index (κ2) is 6.49. The van der Waals surface area contributed by atoms with Crippen LogP contribution in [0, 0.1) is 5.41 Å². The molecule has 0 radical (unpaired) electrons. The highest BCUT2D eigenvalue weighted by molar-refractivity contribution is 5.75. The van der Waals surface area contributed by atoms with Crippen LogP contribution in [0.15, 0.2) is 6.33 Å². The molecule has 0 saturated heterocycles. The van der Waals surface area contributed by atoms with Crippen LogP contribution in [0.25, 0.3) is 0 Å². The Labute approximate surface area is 108 Å². The Morgan fingerprint density at radius 1 is 1.50 bits per heavy atom. The van der Waals surface area contributed by atoms with Crippen molar-refractivity contribution in [3.63, 3.8) is 0 Å². The predicted octanol–water partition coefficient (Wildman–Crippen LogP) is 0.918. The lowest BCUT2D eigenvalue weighted by atomic mass is 9.84. The summed E-state index contributed by atoms with van der Waals surface area (Å²) in [5.41, 5.74) is 5.68. The summed E-state index contributed by atoms with van der Waals surface area (Å²) in [6, 6.07) is 0. The van der Waals surface area contributed by atoms with Gasteiger partial charge in [-0.3, -0.25) is 9.89 Å². The first kappa shape index (κ1) is 14.6. The average Bonchev–Trinajstić information content (AvgIpc) is 2.78. The minimum absolute atomic E-state index is 0.122. The number of hydrogen-bond donors (Lipinski definition) is 2. The number of aromatic amines is 1. The molecule has 1 aromatic rings. The Bertz CT molecular complexity index is 361. The zero-order chi connectivity index (χ0) is 13.6. The highest BCUT2D eigenvalue weighted by Gasteiger charge is 2.20. The van der Waals surface area contributed by atoms with Gasteiger partial charge in [0.2, 0.25) is 5.91 Å². The van der Waals surface area contributed by atoms with Gasteiger partial charge in [0.25, 0.3) is 0 Å². The van der Waals surface area contributed by atoms with E-state index in [0.29, 0.717) is 25.3 Å². The number of carbonyl (C=O) groups excluding carboxylic acids is 1. The van der Waals surface area contributed by atoms with Gasteiger partial charge in [0.05, 0.1) is 6.54 Å². The van der Waals surface area contributed by atoms with Crippen molar-refractivity contribution in [3.8, 4) is 0 Å². The summed E-state index contributed by atoms with van der Waals surface area (Å²) >= 11 is 0. The number of amides is 1. The maximum absolute atomic E-state index is 12.0. The van der Waals surface area contributed by atoms with Crippen LogP contribution in [0.1, 0.15) is 38.9 Å². The molecule has 0 unspecified atom stereocenters. The maximum Gasteiger partial charge on any atom is 0.222 e. The van der Waals surface area contributed by atoms with Crippen LogP contribution in [-0.2, 0) is 11.3 Å². The predicted molar refractivity (Wildman–Crippen MR) is 69.5 cm³/mol. The van der Waals surface area contributed by atoms with Crippen LogP contribution >= 0.6 is 0 Å². The highest BCUT2D eigenvalue weighted by atomic mass is 16.2. The molecule has 6 heteroatoms. The van der Waals surface area contributed by atoms with E-state index in [1.165, 1.54) is 6.33 Å². The van der Waals surface area contributed by atoms with E-state index >= 15 is 0 Å². The summed E-state index contributed by atoms with van der Waals surface area (Å²) < 4.78 is 0. The molecule has 0 fully saturated rings. The Morgan fingerprint density at radius 2 is 2.22 bits per heavy atom. The quantitative estimate of drug-likeness (QED) is 0.756. The lowest BCUT2D eigenvalue weighted by molar-refractivity contribution is -0.131. The van der Waals surface area contributed by atoms with Gasteiger partial charge in [0.1, 0.15) is 12.2 Å². The van der Waals surface area contributed by atoms with Crippen molar-refractivity contribution in [2.24, 2.45) is 11.1 Å². The zero-order valence-corrected chi connectivity index (χ0v) is 11.4. The summed E-state index contributed by atoms with van der Waals surface area (Å²) in [6.07, 6.45) is 3.77. The molecule has 18 heavy (non-hydrogen) atoms. The number of carbonyl (C=O) groups is 1. The van der Waals surface area contributed by atoms with Crippen LogP contribution in [0.4, 0.5) is 0 Å². The van der Waals surface area contributed by atoms with Crippen molar-refractivity contribution in [3.05, 3.63) is 12.2 Å². The number of hydrogen-bond acceptors (Lipinski definition) is 4. The standard InChI is InChI=1S/C12H23N5O/c1-12(2,6-7-13)5-4-11(18)17(3)8-10-14-9-15-16-10/h9H,4-8,13H2,1-3H3,(H,14,15,16). The molecule has 3 N–H and O–H groups in total. The van der Waals surface area contributed by atoms with E-state index in [4.69, 9.17) is 5.73 Å². The molecular formula is C12H23N5O. The number of H-pyrrole nitrogens is 1. The topological polar surface area (TPSA) is 87.9 Å². The van der Waals surface area contributed by atoms with Crippen LogP contribution in [-0.4, -0.2) is 39.6 Å². The smallest absolute Gasteiger partial charge is 0.222 e. The summed E-state index contributed by atoms with van der Waals surface area (Å²) in [4.78, 5) is 17.6. The Hall–Kier alpha value is -1.43. The van der Waals surface area contributed by atoms with E-state index in [9.17, 15) is 4.79 Å². The Kier molecular flexibility index (Phi) is 5.27. The van der Waals surface area contributed by atoms with E-state index in [0.717, 1.165) is 12.8 Å². The van der Waals surface area contributed by atoms with Gasteiger partial charge in [-0.15, -0.1) is 0 Å².